The zero-order valence-electron chi connectivity index (χ0n) is 15.1. The first kappa shape index (κ1) is 19.9. The molecule has 3 aromatic carbocycles. The van der Waals surface area contributed by atoms with Crippen molar-refractivity contribution in [3.05, 3.63) is 89.4 Å². The van der Waals surface area contributed by atoms with E-state index in [0.29, 0.717) is 10.8 Å². The van der Waals surface area contributed by atoms with Crippen LogP contribution < -0.4 is 9.04 Å². The molecule has 0 saturated carbocycles. The number of ether oxygens (including phenoxy) is 1. The van der Waals surface area contributed by atoms with E-state index in [1.165, 1.54) is 12.1 Å². The molecule has 5 nitrogen and oxygen atoms in total. The molecule has 0 atom stereocenters. The summed E-state index contributed by atoms with van der Waals surface area (Å²) in [5.74, 6) is -0.426. The molecule has 1 amide bonds. The summed E-state index contributed by atoms with van der Waals surface area (Å²) in [5.41, 5.74) is 1.15. The molecular weight excluding hydrogens is 398 g/mol. The van der Waals surface area contributed by atoms with Crippen molar-refractivity contribution in [3.8, 4) is 5.75 Å². The van der Waals surface area contributed by atoms with E-state index in [-0.39, 0.29) is 10.6 Å². The van der Waals surface area contributed by atoms with Crippen molar-refractivity contribution in [3.63, 3.8) is 0 Å². The fourth-order valence-corrected chi connectivity index (χ4v) is 4.16. The third kappa shape index (κ3) is 4.35. The van der Waals surface area contributed by atoms with Crippen molar-refractivity contribution in [2.45, 2.75) is 11.8 Å². The number of para-hydroxylation sites is 2. The lowest BCUT2D eigenvalue weighted by Gasteiger charge is -2.23. The predicted octanol–water partition coefficient (Wildman–Crippen LogP) is 4.45. The fraction of sp³-hybridized carbons (Fsp3) is 0.0952. The van der Waals surface area contributed by atoms with E-state index in [4.69, 9.17) is 16.3 Å². The van der Waals surface area contributed by atoms with Crippen molar-refractivity contribution < 1.29 is 17.9 Å². The minimum absolute atomic E-state index is 0.0213. The molecule has 3 aromatic rings. The normalized spacial score (nSPS) is 11.1. The summed E-state index contributed by atoms with van der Waals surface area (Å²) >= 11 is 6.04. The Morgan fingerprint density at radius 2 is 1.54 bits per heavy atom. The van der Waals surface area contributed by atoms with Crippen LogP contribution in [0.15, 0.2) is 83.8 Å². The van der Waals surface area contributed by atoms with Crippen LogP contribution in [-0.2, 0) is 14.8 Å². The second kappa shape index (κ2) is 8.46. The Labute approximate surface area is 169 Å². The third-order valence-corrected chi connectivity index (χ3v) is 6.04. The van der Waals surface area contributed by atoms with Gasteiger partial charge in [0.15, 0.2) is 6.61 Å². The Morgan fingerprint density at radius 3 is 2.18 bits per heavy atom. The molecule has 0 spiro atoms. The smallest absolute Gasteiger partial charge is 0.278 e. The van der Waals surface area contributed by atoms with E-state index < -0.39 is 22.5 Å². The number of hydrogen-bond acceptors (Lipinski definition) is 4. The molecule has 0 fully saturated rings. The first-order valence-electron chi connectivity index (χ1n) is 8.47. The highest BCUT2D eigenvalue weighted by atomic mass is 35.5. The molecule has 0 unspecified atom stereocenters. The summed E-state index contributed by atoms with van der Waals surface area (Å²) in [5, 5.41) is 0.336. The Morgan fingerprint density at radius 1 is 0.929 bits per heavy atom. The van der Waals surface area contributed by atoms with E-state index in [1.807, 2.05) is 6.92 Å². The number of carbonyl (C=O) groups excluding carboxylic acids is 1. The molecule has 0 saturated heterocycles. The largest absolute Gasteiger partial charge is 0.482 e. The monoisotopic (exact) mass is 415 g/mol. The minimum atomic E-state index is -4.11. The number of aryl methyl sites for hydroxylation is 1. The molecular formula is C21H18ClNO4S. The van der Waals surface area contributed by atoms with E-state index in [0.717, 1.165) is 9.87 Å². The Kier molecular flexibility index (Phi) is 6.02. The highest BCUT2D eigenvalue weighted by molar-refractivity contribution is 7.93. The summed E-state index contributed by atoms with van der Waals surface area (Å²) in [6, 6.07) is 21.2. The van der Waals surface area contributed by atoms with Gasteiger partial charge in [0.1, 0.15) is 5.75 Å². The Bertz CT molecular complexity index is 1070. The Balaban J connectivity index is 1.94. The van der Waals surface area contributed by atoms with E-state index in [9.17, 15) is 13.2 Å². The SMILES string of the molecule is Cc1ccc(S(=O)(=O)N(C(=O)COc2ccccc2Cl)c2ccccc2)cc1. The average Bonchev–Trinajstić information content (AvgIpc) is 2.68. The lowest BCUT2D eigenvalue weighted by Crippen LogP contribution is -2.40. The van der Waals surface area contributed by atoms with Gasteiger partial charge in [-0.3, -0.25) is 4.79 Å². The zero-order chi connectivity index (χ0) is 20.1. The van der Waals surface area contributed by atoms with Crippen molar-refractivity contribution in [1.82, 2.24) is 0 Å². The molecule has 0 heterocycles. The van der Waals surface area contributed by atoms with Gasteiger partial charge in [0.05, 0.1) is 15.6 Å². The van der Waals surface area contributed by atoms with Gasteiger partial charge in [-0.25, -0.2) is 8.42 Å². The van der Waals surface area contributed by atoms with Gasteiger partial charge in [-0.15, -0.1) is 0 Å². The van der Waals surface area contributed by atoms with Crippen LogP contribution in [0.4, 0.5) is 5.69 Å². The van der Waals surface area contributed by atoms with Gasteiger partial charge in [-0.05, 0) is 43.3 Å². The Hall–Kier alpha value is -2.83. The molecule has 28 heavy (non-hydrogen) atoms. The van der Waals surface area contributed by atoms with Crippen LogP contribution in [0.2, 0.25) is 5.02 Å². The maximum atomic E-state index is 13.2. The molecule has 0 radical (unpaired) electrons. The second-order valence-corrected chi connectivity index (χ2v) is 8.22. The van der Waals surface area contributed by atoms with Crippen LogP contribution in [-0.4, -0.2) is 20.9 Å². The highest BCUT2D eigenvalue weighted by Crippen LogP contribution is 2.26. The third-order valence-electron chi connectivity index (χ3n) is 3.96. The summed E-state index contributed by atoms with van der Waals surface area (Å²) < 4.78 is 32.6. The minimum Gasteiger partial charge on any atom is -0.482 e. The standard InChI is InChI=1S/C21H18ClNO4S/c1-16-11-13-18(14-12-16)28(25,26)23(17-7-3-2-4-8-17)21(24)15-27-20-10-6-5-9-19(20)22/h2-14H,15H2,1H3. The van der Waals surface area contributed by atoms with Crippen LogP contribution in [0.5, 0.6) is 5.75 Å². The number of halogens is 1. The van der Waals surface area contributed by atoms with Gasteiger partial charge < -0.3 is 4.74 Å². The summed E-state index contributed by atoms with van der Waals surface area (Å²) in [4.78, 5) is 12.9. The highest BCUT2D eigenvalue weighted by Gasteiger charge is 2.31. The van der Waals surface area contributed by atoms with Gasteiger partial charge in [0.25, 0.3) is 15.9 Å². The van der Waals surface area contributed by atoms with Gasteiger partial charge >= 0.3 is 0 Å². The topological polar surface area (TPSA) is 63.7 Å². The molecule has 0 aromatic heterocycles. The number of sulfonamides is 1. The number of benzene rings is 3. The summed E-state index contributed by atoms with van der Waals surface area (Å²) in [6.45, 7) is 1.37. The van der Waals surface area contributed by atoms with E-state index >= 15 is 0 Å². The van der Waals surface area contributed by atoms with Crippen molar-refractivity contribution in [2.75, 3.05) is 10.9 Å². The summed E-state index contributed by atoms with van der Waals surface area (Å²) in [7, 11) is -4.11. The average molecular weight is 416 g/mol. The number of carbonyl (C=O) groups is 1. The predicted molar refractivity (Wildman–Crippen MR) is 109 cm³/mol. The van der Waals surface area contributed by atoms with Crippen LogP contribution in [0.3, 0.4) is 0 Å². The number of nitrogens with zero attached hydrogens (tertiary/aromatic N) is 1. The molecule has 144 valence electrons. The first-order chi connectivity index (χ1) is 13.4. The van der Waals surface area contributed by atoms with Gasteiger partial charge in [-0.1, -0.05) is 59.6 Å². The van der Waals surface area contributed by atoms with Crippen LogP contribution >= 0.6 is 11.6 Å². The van der Waals surface area contributed by atoms with E-state index in [1.54, 1.807) is 66.7 Å². The second-order valence-electron chi connectivity index (χ2n) is 6.03. The van der Waals surface area contributed by atoms with Gasteiger partial charge in [0, 0.05) is 0 Å². The maximum Gasteiger partial charge on any atom is 0.278 e. The zero-order valence-corrected chi connectivity index (χ0v) is 16.7. The van der Waals surface area contributed by atoms with Crippen LogP contribution in [0, 0.1) is 6.92 Å². The molecule has 7 heteroatoms. The van der Waals surface area contributed by atoms with Crippen molar-refractivity contribution in [2.24, 2.45) is 0 Å². The molecule has 0 N–H and O–H groups in total. The first-order valence-corrected chi connectivity index (χ1v) is 10.3. The fourth-order valence-electron chi connectivity index (χ4n) is 2.56. The van der Waals surface area contributed by atoms with Crippen molar-refractivity contribution >= 4 is 33.2 Å². The molecule has 0 aliphatic heterocycles. The van der Waals surface area contributed by atoms with Gasteiger partial charge in [0.2, 0.25) is 0 Å². The lowest BCUT2D eigenvalue weighted by atomic mass is 10.2. The van der Waals surface area contributed by atoms with Crippen LogP contribution in [0.25, 0.3) is 0 Å². The quantitative estimate of drug-likeness (QED) is 0.596. The number of anilines is 1. The molecule has 0 aliphatic rings. The van der Waals surface area contributed by atoms with E-state index in [2.05, 4.69) is 0 Å². The summed E-state index contributed by atoms with van der Waals surface area (Å²) in [6.07, 6.45) is 0. The number of rotatable bonds is 6. The van der Waals surface area contributed by atoms with Crippen molar-refractivity contribution in [1.29, 1.82) is 0 Å². The maximum absolute atomic E-state index is 13.2. The molecule has 0 bridgehead atoms. The number of amides is 1. The molecule has 0 aliphatic carbocycles. The lowest BCUT2D eigenvalue weighted by molar-refractivity contribution is -0.119. The number of hydrogen-bond donors (Lipinski definition) is 0. The van der Waals surface area contributed by atoms with Crippen LogP contribution in [0.1, 0.15) is 5.56 Å². The molecule has 3 rings (SSSR count). The van der Waals surface area contributed by atoms with Gasteiger partial charge in [-0.2, -0.15) is 4.31 Å².